The van der Waals surface area contributed by atoms with Crippen LogP contribution in [0.25, 0.3) is 0 Å². The van der Waals surface area contributed by atoms with Gasteiger partial charge in [-0.1, -0.05) is 12.5 Å². The minimum Gasteiger partial charge on any atom is -0.485 e. The number of hydrogen-bond donors (Lipinski definition) is 2. The molecule has 1 aromatic carbocycles. The van der Waals surface area contributed by atoms with Crippen molar-refractivity contribution in [2.75, 3.05) is 32.0 Å². The predicted octanol–water partition coefficient (Wildman–Crippen LogP) is 1.65. The monoisotopic (exact) mass is 451 g/mol. The second-order valence-electron chi connectivity index (χ2n) is 6.77. The fraction of sp³-hybridized carbons (Fsp3) is 0.556. The van der Waals surface area contributed by atoms with E-state index in [1.54, 1.807) is 0 Å². The van der Waals surface area contributed by atoms with E-state index >= 15 is 0 Å². The van der Waals surface area contributed by atoms with E-state index < -0.39 is 34.9 Å². The van der Waals surface area contributed by atoms with Gasteiger partial charge in [-0.25, -0.2) is 31.1 Å². The second kappa shape index (κ2) is 11.2. The number of sulfonamides is 1. The summed E-state index contributed by atoms with van der Waals surface area (Å²) in [5, 5.41) is 2.17. The van der Waals surface area contributed by atoms with Gasteiger partial charge in [0.25, 0.3) is 6.43 Å². The van der Waals surface area contributed by atoms with Crippen LogP contribution in [-0.4, -0.2) is 63.7 Å². The Balaban J connectivity index is 1.66. The number of urea groups is 1. The zero-order chi connectivity index (χ0) is 22.1. The molecule has 0 aromatic heterocycles. The number of nitrogens with one attached hydrogen (secondary N) is 2. The van der Waals surface area contributed by atoms with E-state index in [-0.39, 0.29) is 36.9 Å². The average molecular weight is 451 g/mol. The third-order valence-corrected chi connectivity index (χ3v) is 5.78. The molecule has 2 rings (SSSR count). The van der Waals surface area contributed by atoms with E-state index in [0.717, 1.165) is 6.07 Å². The number of ether oxygens (including phenoxy) is 1. The van der Waals surface area contributed by atoms with Crippen molar-refractivity contribution in [3.8, 4) is 5.75 Å². The molecule has 1 heterocycles. The van der Waals surface area contributed by atoms with Crippen molar-refractivity contribution < 1.29 is 35.9 Å². The molecule has 0 unspecified atom stereocenters. The molecule has 2 N–H and O–H groups in total. The number of carbonyl (C=O) groups excluding carboxylic acids is 2. The molecule has 3 amide bonds. The summed E-state index contributed by atoms with van der Waals surface area (Å²) in [5.74, 6) is -1.51. The molecule has 1 aliphatic heterocycles. The molecule has 8 nitrogen and oxygen atoms in total. The zero-order valence-corrected chi connectivity index (χ0v) is 17.0. The molecule has 0 aliphatic carbocycles. The van der Waals surface area contributed by atoms with Gasteiger partial charge in [0, 0.05) is 13.1 Å². The first-order chi connectivity index (χ1) is 14.2. The smallest absolute Gasteiger partial charge is 0.324 e. The number of carbonyl (C=O) groups is 2. The van der Waals surface area contributed by atoms with Gasteiger partial charge in [-0.15, -0.1) is 0 Å². The topological polar surface area (TPSA) is 105 Å². The summed E-state index contributed by atoms with van der Waals surface area (Å²) in [6.45, 7) is -0.452. The third kappa shape index (κ3) is 8.19. The molecule has 0 radical (unpaired) electrons. The Kier molecular flexibility index (Phi) is 8.90. The summed E-state index contributed by atoms with van der Waals surface area (Å²) in [7, 11) is -3.51. The molecule has 168 valence electrons. The lowest BCUT2D eigenvalue weighted by Gasteiger charge is -2.12. The van der Waals surface area contributed by atoms with E-state index in [4.69, 9.17) is 4.74 Å². The molecule has 1 fully saturated rings. The fourth-order valence-corrected chi connectivity index (χ4v) is 3.97. The number of benzene rings is 1. The second-order valence-corrected chi connectivity index (χ2v) is 8.69. The van der Waals surface area contributed by atoms with Gasteiger partial charge in [-0.3, -0.25) is 10.1 Å². The predicted molar refractivity (Wildman–Crippen MR) is 102 cm³/mol. The molecule has 1 aliphatic rings. The number of unbranched alkanes of at least 4 members (excludes halogenated alkanes) is 2. The Hall–Kier alpha value is -2.34. The normalized spacial score (nSPS) is 14.5. The molecule has 0 spiro atoms. The lowest BCUT2D eigenvalue weighted by molar-refractivity contribution is -0.118. The van der Waals surface area contributed by atoms with Crippen molar-refractivity contribution in [1.82, 2.24) is 14.9 Å². The molecular formula is C18H24F3N3O5S. The Morgan fingerprint density at radius 2 is 1.97 bits per heavy atom. The number of rotatable bonds is 13. The first-order valence-electron chi connectivity index (χ1n) is 9.42. The number of imide groups is 1. The highest BCUT2D eigenvalue weighted by atomic mass is 32.2. The van der Waals surface area contributed by atoms with Crippen LogP contribution in [0.15, 0.2) is 18.2 Å². The van der Waals surface area contributed by atoms with Crippen LogP contribution < -0.4 is 14.8 Å². The third-order valence-electron chi connectivity index (χ3n) is 4.31. The number of nitrogens with zero attached hydrogens (tertiary/aromatic N) is 1. The molecule has 12 heteroatoms. The Bertz CT molecular complexity index is 851. The molecule has 0 atom stereocenters. The number of amides is 3. The molecular weight excluding hydrogens is 427 g/mol. The molecule has 0 bridgehead atoms. The minimum absolute atomic E-state index is 0.0248. The summed E-state index contributed by atoms with van der Waals surface area (Å²) in [4.78, 5) is 23.8. The summed E-state index contributed by atoms with van der Waals surface area (Å²) in [6, 6.07) is 3.35. The van der Waals surface area contributed by atoms with E-state index in [1.165, 1.54) is 17.0 Å². The van der Waals surface area contributed by atoms with Gasteiger partial charge in [0.05, 0.1) is 5.75 Å². The van der Waals surface area contributed by atoms with Crippen LogP contribution in [0.1, 0.15) is 24.8 Å². The maximum absolute atomic E-state index is 13.5. The Morgan fingerprint density at radius 3 is 2.63 bits per heavy atom. The SMILES string of the molecule is O=C1CN(CCCCCS(=O)(=O)NCCc2ccc(F)c(OCC(F)F)c2)C(=O)N1. The minimum atomic E-state index is -3.51. The van der Waals surface area contributed by atoms with Crippen molar-refractivity contribution in [1.29, 1.82) is 0 Å². The lowest BCUT2D eigenvalue weighted by Crippen LogP contribution is -2.29. The molecule has 1 saturated heterocycles. The van der Waals surface area contributed by atoms with Crippen molar-refractivity contribution in [2.45, 2.75) is 32.1 Å². The van der Waals surface area contributed by atoms with Crippen LogP contribution in [0.2, 0.25) is 0 Å². The maximum Gasteiger partial charge on any atom is 0.324 e. The van der Waals surface area contributed by atoms with Crippen LogP contribution in [-0.2, 0) is 21.2 Å². The van der Waals surface area contributed by atoms with Crippen molar-refractivity contribution in [3.63, 3.8) is 0 Å². The molecule has 30 heavy (non-hydrogen) atoms. The van der Waals surface area contributed by atoms with E-state index in [9.17, 15) is 31.2 Å². The average Bonchev–Trinajstić information content (AvgIpc) is 2.98. The zero-order valence-electron chi connectivity index (χ0n) is 16.2. The van der Waals surface area contributed by atoms with E-state index in [1.807, 2.05) is 0 Å². The lowest BCUT2D eigenvalue weighted by atomic mass is 10.1. The largest absolute Gasteiger partial charge is 0.485 e. The molecule has 0 saturated carbocycles. The first kappa shape index (κ1) is 23.9. The van der Waals surface area contributed by atoms with E-state index in [2.05, 4.69) is 10.0 Å². The Labute approximate surface area is 172 Å². The van der Waals surface area contributed by atoms with Crippen LogP contribution in [0.4, 0.5) is 18.0 Å². The van der Waals surface area contributed by atoms with Crippen LogP contribution in [0.5, 0.6) is 5.75 Å². The van der Waals surface area contributed by atoms with Crippen molar-refractivity contribution in [3.05, 3.63) is 29.6 Å². The number of hydrogen-bond acceptors (Lipinski definition) is 5. The standard InChI is InChI=1S/C18H24F3N3O5S/c19-14-5-4-13(10-15(14)29-12-16(20)21)6-7-22-30(27,28)9-3-1-2-8-24-11-17(25)23-18(24)26/h4-5,10,16,22H,1-3,6-9,11-12H2,(H,23,25,26). The summed E-state index contributed by atoms with van der Waals surface area (Å²) in [6.07, 6.45) is -0.951. The van der Waals surface area contributed by atoms with Gasteiger partial charge < -0.3 is 9.64 Å². The van der Waals surface area contributed by atoms with Gasteiger partial charge in [0.15, 0.2) is 11.6 Å². The van der Waals surface area contributed by atoms with Crippen molar-refractivity contribution >= 4 is 22.0 Å². The summed E-state index contributed by atoms with van der Waals surface area (Å²) >= 11 is 0. The van der Waals surface area contributed by atoms with Gasteiger partial charge in [0.2, 0.25) is 15.9 Å². The Morgan fingerprint density at radius 1 is 1.20 bits per heavy atom. The van der Waals surface area contributed by atoms with Gasteiger partial charge in [-0.2, -0.15) is 0 Å². The quantitative estimate of drug-likeness (QED) is 0.351. The van der Waals surface area contributed by atoms with Crippen LogP contribution >= 0.6 is 0 Å². The highest BCUT2D eigenvalue weighted by Crippen LogP contribution is 2.19. The fourth-order valence-electron chi connectivity index (χ4n) is 2.82. The first-order valence-corrected chi connectivity index (χ1v) is 11.1. The highest BCUT2D eigenvalue weighted by Gasteiger charge is 2.25. The van der Waals surface area contributed by atoms with Gasteiger partial charge >= 0.3 is 6.03 Å². The number of halogens is 3. The maximum atomic E-state index is 13.5. The van der Waals surface area contributed by atoms with Gasteiger partial charge in [-0.05, 0) is 37.0 Å². The summed E-state index contributed by atoms with van der Waals surface area (Å²) < 4.78 is 69.1. The highest BCUT2D eigenvalue weighted by molar-refractivity contribution is 7.89. The van der Waals surface area contributed by atoms with Crippen molar-refractivity contribution in [2.24, 2.45) is 0 Å². The van der Waals surface area contributed by atoms with Crippen LogP contribution in [0.3, 0.4) is 0 Å². The molecule has 1 aromatic rings. The van der Waals surface area contributed by atoms with E-state index in [0.29, 0.717) is 31.4 Å². The summed E-state index contributed by atoms with van der Waals surface area (Å²) in [5.41, 5.74) is 0.543. The number of alkyl halides is 2. The van der Waals surface area contributed by atoms with Gasteiger partial charge in [0.1, 0.15) is 13.2 Å². The van der Waals surface area contributed by atoms with Crippen LogP contribution in [0, 0.1) is 5.82 Å².